The number of nitrogens with zero attached hydrogens (tertiary/aromatic N) is 3. The van der Waals surface area contributed by atoms with E-state index in [1.807, 2.05) is 18.2 Å². The molecule has 6 heteroatoms. The van der Waals surface area contributed by atoms with Crippen LogP contribution < -0.4 is 0 Å². The number of H-pyrrole nitrogens is 1. The molecule has 2 aromatic carbocycles. The van der Waals surface area contributed by atoms with E-state index in [9.17, 15) is 4.39 Å². The molecule has 4 nitrogen and oxygen atoms in total. The van der Waals surface area contributed by atoms with Gasteiger partial charge in [-0.3, -0.25) is 0 Å². The van der Waals surface area contributed by atoms with Crippen LogP contribution in [0.5, 0.6) is 0 Å². The fourth-order valence-corrected chi connectivity index (χ4v) is 2.96. The van der Waals surface area contributed by atoms with Gasteiger partial charge in [0, 0.05) is 11.1 Å². The first-order valence-electron chi connectivity index (χ1n) is 6.32. The van der Waals surface area contributed by atoms with Crippen molar-refractivity contribution in [3.8, 4) is 21.1 Å². The van der Waals surface area contributed by atoms with Crippen molar-refractivity contribution >= 4 is 22.4 Å². The van der Waals surface area contributed by atoms with E-state index in [4.69, 9.17) is 0 Å². The van der Waals surface area contributed by atoms with Crippen LogP contribution in [-0.2, 0) is 0 Å². The Kier molecular flexibility index (Phi) is 2.75. The van der Waals surface area contributed by atoms with Gasteiger partial charge in [-0.2, -0.15) is 0 Å². The molecule has 0 aliphatic carbocycles. The number of fused-ring (bicyclic) bond motifs is 1. The molecule has 0 spiro atoms. The Balaban J connectivity index is 1.74. The second-order valence-electron chi connectivity index (χ2n) is 4.55. The molecule has 0 atom stereocenters. The van der Waals surface area contributed by atoms with Gasteiger partial charge in [-0.05, 0) is 42.5 Å². The number of nitrogens with one attached hydrogen (secondary N) is 1. The number of aromatic nitrogens is 4. The SMILES string of the molecule is Fc1ccc(-c2nnc(-c3ccc4nc[nH]c4c3)s2)cc1. The van der Waals surface area contributed by atoms with Gasteiger partial charge in [0.05, 0.1) is 17.4 Å². The van der Waals surface area contributed by atoms with E-state index in [0.717, 1.165) is 32.2 Å². The Labute approximate surface area is 123 Å². The maximum absolute atomic E-state index is 12.9. The summed E-state index contributed by atoms with van der Waals surface area (Å²) in [7, 11) is 0. The number of imidazole rings is 1. The van der Waals surface area contributed by atoms with Crippen LogP contribution in [0.3, 0.4) is 0 Å². The van der Waals surface area contributed by atoms with Crippen LogP contribution in [0.4, 0.5) is 4.39 Å². The lowest BCUT2D eigenvalue weighted by atomic mass is 10.2. The summed E-state index contributed by atoms with van der Waals surface area (Å²) in [5.74, 6) is -0.256. The standard InChI is InChI=1S/C15H9FN4S/c16-11-4-1-9(2-5-11)14-19-20-15(21-14)10-3-6-12-13(7-10)18-8-17-12/h1-8H,(H,17,18). The van der Waals surface area contributed by atoms with E-state index in [2.05, 4.69) is 20.2 Å². The molecular weight excluding hydrogens is 287 g/mol. The summed E-state index contributed by atoms with van der Waals surface area (Å²) in [5, 5.41) is 10.00. The fourth-order valence-electron chi connectivity index (χ4n) is 2.12. The Hall–Kier alpha value is -2.60. The van der Waals surface area contributed by atoms with Crippen molar-refractivity contribution in [1.82, 2.24) is 20.2 Å². The number of aromatic amines is 1. The Morgan fingerprint density at radius 2 is 1.62 bits per heavy atom. The molecule has 4 rings (SSSR count). The minimum atomic E-state index is -0.256. The minimum absolute atomic E-state index is 0.256. The van der Waals surface area contributed by atoms with Crippen molar-refractivity contribution in [2.75, 3.05) is 0 Å². The van der Waals surface area contributed by atoms with Crippen molar-refractivity contribution in [1.29, 1.82) is 0 Å². The first-order valence-corrected chi connectivity index (χ1v) is 7.14. The summed E-state index contributed by atoms with van der Waals surface area (Å²) < 4.78 is 12.9. The van der Waals surface area contributed by atoms with E-state index in [1.54, 1.807) is 18.5 Å². The second kappa shape index (κ2) is 4.75. The Morgan fingerprint density at radius 3 is 2.43 bits per heavy atom. The van der Waals surface area contributed by atoms with Crippen molar-refractivity contribution in [2.45, 2.75) is 0 Å². The zero-order valence-corrected chi connectivity index (χ0v) is 11.6. The molecular formula is C15H9FN4S. The highest BCUT2D eigenvalue weighted by molar-refractivity contribution is 7.17. The van der Waals surface area contributed by atoms with E-state index in [0.29, 0.717) is 0 Å². The van der Waals surface area contributed by atoms with E-state index >= 15 is 0 Å². The lowest BCUT2D eigenvalue weighted by Gasteiger charge is -1.95. The lowest BCUT2D eigenvalue weighted by molar-refractivity contribution is 0.628. The third-order valence-corrected chi connectivity index (χ3v) is 4.20. The van der Waals surface area contributed by atoms with E-state index in [1.165, 1.54) is 23.5 Å². The maximum Gasteiger partial charge on any atom is 0.148 e. The smallest absolute Gasteiger partial charge is 0.148 e. The van der Waals surface area contributed by atoms with Gasteiger partial charge in [0.1, 0.15) is 15.8 Å². The number of halogens is 1. The van der Waals surface area contributed by atoms with Gasteiger partial charge >= 0.3 is 0 Å². The van der Waals surface area contributed by atoms with Crippen LogP contribution in [0.1, 0.15) is 0 Å². The van der Waals surface area contributed by atoms with Gasteiger partial charge in [-0.25, -0.2) is 9.37 Å². The number of hydrogen-bond donors (Lipinski definition) is 1. The quantitative estimate of drug-likeness (QED) is 0.610. The highest BCUT2D eigenvalue weighted by Crippen LogP contribution is 2.30. The molecule has 0 bridgehead atoms. The van der Waals surface area contributed by atoms with Gasteiger partial charge in [0.15, 0.2) is 0 Å². The predicted molar refractivity (Wildman–Crippen MR) is 80.4 cm³/mol. The van der Waals surface area contributed by atoms with Crippen LogP contribution in [0.15, 0.2) is 48.8 Å². The molecule has 0 fully saturated rings. The topological polar surface area (TPSA) is 54.5 Å². The second-order valence-corrected chi connectivity index (χ2v) is 5.53. The molecule has 0 aliphatic heterocycles. The van der Waals surface area contributed by atoms with E-state index < -0.39 is 0 Å². The lowest BCUT2D eigenvalue weighted by Crippen LogP contribution is -1.78. The van der Waals surface area contributed by atoms with Crippen molar-refractivity contribution < 1.29 is 4.39 Å². The van der Waals surface area contributed by atoms with Crippen LogP contribution in [-0.4, -0.2) is 20.2 Å². The zero-order chi connectivity index (χ0) is 14.2. The molecule has 4 aromatic rings. The summed E-state index contributed by atoms with van der Waals surface area (Å²) >= 11 is 1.48. The molecule has 0 saturated heterocycles. The van der Waals surface area contributed by atoms with Crippen molar-refractivity contribution in [2.24, 2.45) is 0 Å². The van der Waals surface area contributed by atoms with Crippen LogP contribution >= 0.6 is 11.3 Å². The van der Waals surface area contributed by atoms with Gasteiger partial charge in [-0.15, -0.1) is 10.2 Å². The first kappa shape index (κ1) is 12.2. The maximum atomic E-state index is 12.9. The molecule has 0 saturated carbocycles. The van der Waals surface area contributed by atoms with Crippen LogP contribution in [0.2, 0.25) is 0 Å². The number of rotatable bonds is 2. The average molecular weight is 296 g/mol. The number of benzene rings is 2. The van der Waals surface area contributed by atoms with Gasteiger partial charge in [-0.1, -0.05) is 11.3 Å². The Morgan fingerprint density at radius 1 is 0.905 bits per heavy atom. The van der Waals surface area contributed by atoms with Gasteiger partial charge < -0.3 is 4.98 Å². The summed E-state index contributed by atoms with van der Waals surface area (Å²) in [6.45, 7) is 0. The molecule has 0 radical (unpaired) electrons. The molecule has 2 heterocycles. The average Bonchev–Trinajstić information content (AvgIpc) is 3.16. The molecule has 2 aromatic heterocycles. The van der Waals surface area contributed by atoms with E-state index in [-0.39, 0.29) is 5.82 Å². The fraction of sp³-hybridized carbons (Fsp3) is 0. The summed E-state index contributed by atoms with van der Waals surface area (Å²) in [6.07, 6.45) is 1.67. The normalized spacial score (nSPS) is 11.1. The summed E-state index contributed by atoms with van der Waals surface area (Å²) in [4.78, 5) is 7.27. The highest BCUT2D eigenvalue weighted by Gasteiger charge is 2.09. The Bertz CT molecular complexity index is 911. The first-order chi connectivity index (χ1) is 10.3. The summed E-state index contributed by atoms with van der Waals surface area (Å²) in [6, 6.07) is 12.2. The largest absolute Gasteiger partial charge is 0.345 e. The predicted octanol–water partition coefficient (Wildman–Crippen LogP) is 3.89. The monoisotopic (exact) mass is 296 g/mol. The minimum Gasteiger partial charge on any atom is -0.345 e. The van der Waals surface area contributed by atoms with Crippen molar-refractivity contribution in [3.63, 3.8) is 0 Å². The molecule has 0 amide bonds. The third-order valence-electron chi connectivity index (χ3n) is 3.18. The van der Waals surface area contributed by atoms with Crippen LogP contribution in [0.25, 0.3) is 32.2 Å². The van der Waals surface area contributed by atoms with Crippen molar-refractivity contribution in [3.05, 3.63) is 54.6 Å². The third kappa shape index (κ3) is 2.19. The molecule has 102 valence electrons. The molecule has 0 unspecified atom stereocenters. The molecule has 21 heavy (non-hydrogen) atoms. The van der Waals surface area contributed by atoms with Crippen LogP contribution in [0, 0.1) is 5.82 Å². The molecule has 0 aliphatic rings. The highest BCUT2D eigenvalue weighted by atomic mass is 32.1. The number of hydrogen-bond acceptors (Lipinski definition) is 4. The molecule has 1 N–H and O–H groups in total. The summed E-state index contributed by atoms with van der Waals surface area (Å²) in [5.41, 5.74) is 3.73. The van der Waals surface area contributed by atoms with Gasteiger partial charge in [0.25, 0.3) is 0 Å². The zero-order valence-electron chi connectivity index (χ0n) is 10.7. The van der Waals surface area contributed by atoms with Gasteiger partial charge in [0.2, 0.25) is 0 Å².